The van der Waals surface area contributed by atoms with Crippen LogP contribution in [0.2, 0.25) is 0 Å². The predicted octanol–water partition coefficient (Wildman–Crippen LogP) is 5.57. The molecule has 0 aromatic heterocycles. The quantitative estimate of drug-likeness (QED) is 0.475. The van der Waals surface area contributed by atoms with Crippen molar-refractivity contribution in [3.8, 4) is 0 Å². The van der Waals surface area contributed by atoms with Gasteiger partial charge in [0.1, 0.15) is 0 Å². The zero-order chi connectivity index (χ0) is 20.3. The molecule has 2 nitrogen and oxygen atoms in total. The molecular formula is C18H22F5NOS. The Morgan fingerprint density at radius 1 is 1.19 bits per heavy atom. The number of alkyl halides is 5. The highest BCUT2D eigenvalue weighted by Crippen LogP contribution is 2.45. The summed E-state index contributed by atoms with van der Waals surface area (Å²) in [5.41, 5.74) is -1.53. The lowest BCUT2D eigenvalue weighted by atomic mass is 9.91. The molecule has 8 heteroatoms. The first-order chi connectivity index (χ1) is 11.7. The summed E-state index contributed by atoms with van der Waals surface area (Å²) in [6, 6.07) is 4.66. The molecule has 1 N–H and O–H groups in total. The molecule has 0 spiro atoms. The Kier molecular flexibility index (Phi) is 6.92. The minimum absolute atomic E-state index is 0.152. The minimum atomic E-state index is -5.76. The molecule has 2 atom stereocenters. The van der Waals surface area contributed by atoms with E-state index in [0.29, 0.717) is 0 Å². The van der Waals surface area contributed by atoms with Gasteiger partial charge >= 0.3 is 12.1 Å². The fourth-order valence-corrected chi connectivity index (χ4v) is 2.96. The second-order valence-electron chi connectivity index (χ2n) is 6.71. The van der Waals surface area contributed by atoms with Gasteiger partial charge in [0.2, 0.25) is 0 Å². The highest BCUT2D eigenvalue weighted by Gasteiger charge is 2.59. The molecule has 1 unspecified atom stereocenters. The molecule has 0 aliphatic heterocycles. The van der Waals surface area contributed by atoms with Crippen LogP contribution < -0.4 is 4.72 Å². The maximum atomic E-state index is 13.8. The molecule has 0 amide bonds. The molecular weight excluding hydrogens is 373 g/mol. The van der Waals surface area contributed by atoms with Gasteiger partial charge in [0.05, 0.1) is 15.7 Å². The second-order valence-corrected chi connectivity index (χ2v) is 8.71. The first-order valence-electron chi connectivity index (χ1n) is 7.75. The van der Waals surface area contributed by atoms with Gasteiger partial charge in [-0.05, 0) is 38.3 Å². The summed E-state index contributed by atoms with van der Waals surface area (Å²) < 4.78 is 80.2. The number of halogens is 5. The molecule has 0 aliphatic carbocycles. The fourth-order valence-electron chi connectivity index (χ4n) is 2.13. The maximum absolute atomic E-state index is 13.8. The Labute approximate surface area is 152 Å². The summed E-state index contributed by atoms with van der Waals surface area (Å²) in [5.74, 6) is -5.08. The van der Waals surface area contributed by atoms with E-state index in [1.165, 1.54) is 24.3 Å². The molecule has 0 saturated heterocycles. The van der Waals surface area contributed by atoms with Gasteiger partial charge in [0.15, 0.2) is 0 Å². The molecule has 1 rings (SSSR count). The van der Waals surface area contributed by atoms with Crippen LogP contribution in [-0.2, 0) is 11.0 Å². The van der Waals surface area contributed by atoms with Gasteiger partial charge in [-0.25, -0.2) is 8.93 Å². The fraction of sp³-hybridized carbons (Fsp3) is 0.444. The van der Waals surface area contributed by atoms with Crippen molar-refractivity contribution >= 4 is 16.6 Å². The van der Waals surface area contributed by atoms with Crippen molar-refractivity contribution in [1.82, 2.24) is 4.72 Å². The summed E-state index contributed by atoms with van der Waals surface area (Å²) in [6.45, 7) is 11.7. The average Bonchev–Trinajstić information content (AvgIpc) is 2.51. The molecule has 0 saturated carbocycles. The van der Waals surface area contributed by atoms with E-state index in [1.54, 1.807) is 20.8 Å². The van der Waals surface area contributed by atoms with Crippen LogP contribution >= 0.6 is 0 Å². The number of allylic oxidation sites excluding steroid dienone is 1. The van der Waals surface area contributed by atoms with E-state index in [4.69, 9.17) is 0 Å². The van der Waals surface area contributed by atoms with Gasteiger partial charge < -0.3 is 0 Å². The van der Waals surface area contributed by atoms with E-state index >= 15 is 0 Å². The molecule has 0 radical (unpaired) electrons. The van der Waals surface area contributed by atoms with Gasteiger partial charge in [-0.1, -0.05) is 36.9 Å². The third-order valence-corrected chi connectivity index (χ3v) is 5.22. The number of benzene rings is 1. The number of nitrogens with one attached hydrogen (secondary N) is 1. The van der Waals surface area contributed by atoms with E-state index < -0.39 is 39.4 Å². The van der Waals surface area contributed by atoms with E-state index in [-0.39, 0.29) is 17.5 Å². The minimum Gasteiger partial charge on any atom is -0.242 e. The van der Waals surface area contributed by atoms with Crippen LogP contribution in [-0.4, -0.2) is 21.1 Å². The van der Waals surface area contributed by atoms with Gasteiger partial charge in [0, 0.05) is 11.6 Å². The topological polar surface area (TPSA) is 29.1 Å². The molecule has 0 bridgehead atoms. The first-order valence-corrected chi connectivity index (χ1v) is 8.90. The lowest BCUT2D eigenvalue weighted by molar-refractivity contribution is -0.253. The zero-order valence-corrected chi connectivity index (χ0v) is 15.6. The molecule has 0 fully saturated rings. The van der Waals surface area contributed by atoms with E-state index in [1.807, 2.05) is 0 Å². The largest absolute Gasteiger partial charge is 0.458 e. The molecule has 146 valence electrons. The van der Waals surface area contributed by atoms with Crippen molar-refractivity contribution in [3.63, 3.8) is 0 Å². The van der Waals surface area contributed by atoms with Gasteiger partial charge in [-0.2, -0.15) is 22.0 Å². The van der Waals surface area contributed by atoms with Gasteiger partial charge in [-0.3, -0.25) is 0 Å². The van der Waals surface area contributed by atoms with E-state index in [2.05, 4.69) is 17.9 Å². The summed E-state index contributed by atoms with van der Waals surface area (Å²) >= 11 is 0. The number of hydrogen-bond donors (Lipinski definition) is 1. The van der Waals surface area contributed by atoms with Crippen LogP contribution in [0.4, 0.5) is 22.0 Å². The van der Waals surface area contributed by atoms with Crippen molar-refractivity contribution in [3.05, 3.63) is 54.6 Å². The predicted molar refractivity (Wildman–Crippen MR) is 95.1 cm³/mol. The molecule has 0 aliphatic rings. The average molecular weight is 395 g/mol. The number of hydrogen-bond acceptors (Lipinski definition) is 1. The van der Waals surface area contributed by atoms with Gasteiger partial charge in [0.25, 0.3) is 0 Å². The van der Waals surface area contributed by atoms with E-state index in [0.717, 1.165) is 6.07 Å². The van der Waals surface area contributed by atoms with Crippen molar-refractivity contribution < 1.29 is 26.2 Å². The smallest absolute Gasteiger partial charge is 0.242 e. The Morgan fingerprint density at radius 2 is 1.73 bits per heavy atom. The summed E-state index contributed by atoms with van der Waals surface area (Å²) in [5, 5.41) is 0. The molecule has 1 aromatic carbocycles. The Balaban J connectivity index is 3.38. The number of rotatable bonds is 7. The monoisotopic (exact) mass is 395 g/mol. The van der Waals surface area contributed by atoms with Crippen LogP contribution in [0.25, 0.3) is 5.57 Å². The highest BCUT2D eigenvalue weighted by atomic mass is 32.2. The summed E-state index contributed by atoms with van der Waals surface area (Å²) in [6.07, 6.45) is -4.10. The molecule has 26 heavy (non-hydrogen) atoms. The van der Waals surface area contributed by atoms with Gasteiger partial charge in [-0.15, -0.1) is 6.58 Å². The third-order valence-electron chi connectivity index (χ3n) is 3.60. The summed E-state index contributed by atoms with van der Waals surface area (Å²) in [7, 11) is -1.57. The molecule has 1 aromatic rings. The SMILES string of the molecule is C=CC[C@H](NS(=O)C(C)(C)C)c1ccccc1C(=C)C(F)(F)C(F)(F)F. The lowest BCUT2D eigenvalue weighted by Gasteiger charge is -2.28. The Hall–Kier alpha value is -1.54. The summed E-state index contributed by atoms with van der Waals surface area (Å²) in [4.78, 5) is 0. The Bertz CT molecular complexity index is 692. The van der Waals surface area contributed by atoms with E-state index in [9.17, 15) is 26.2 Å². The van der Waals surface area contributed by atoms with Crippen LogP contribution in [0.3, 0.4) is 0 Å². The second kappa shape index (κ2) is 8.00. The van der Waals surface area contributed by atoms with Crippen molar-refractivity contribution in [1.29, 1.82) is 0 Å². The van der Waals surface area contributed by atoms with Crippen LogP contribution in [0.5, 0.6) is 0 Å². The highest BCUT2D eigenvalue weighted by molar-refractivity contribution is 7.84. The molecule has 0 heterocycles. The van der Waals surface area contributed by atoms with Crippen molar-refractivity contribution in [2.75, 3.05) is 0 Å². The van der Waals surface area contributed by atoms with Crippen LogP contribution in [0.1, 0.15) is 44.4 Å². The zero-order valence-electron chi connectivity index (χ0n) is 14.8. The maximum Gasteiger partial charge on any atom is 0.458 e. The van der Waals surface area contributed by atoms with Crippen molar-refractivity contribution in [2.45, 2.75) is 50.1 Å². The van der Waals surface area contributed by atoms with Crippen LogP contribution in [0.15, 0.2) is 43.5 Å². The first kappa shape index (κ1) is 22.5. The normalized spacial score (nSPS) is 15.4. The standard InChI is InChI=1S/C18H22F5NOS/c1-6-9-15(24-26(25)16(3,4)5)14-11-8-7-10-13(14)12(2)17(19,20)18(21,22)23/h6-8,10-11,15,24H,1-2,9H2,3-5H3/t15-,26?/m0/s1. The lowest BCUT2D eigenvalue weighted by Crippen LogP contribution is -2.38. The third kappa shape index (κ3) is 5.01. The van der Waals surface area contributed by atoms with Crippen molar-refractivity contribution in [2.24, 2.45) is 0 Å². The van der Waals surface area contributed by atoms with Crippen LogP contribution in [0, 0.1) is 0 Å². The Morgan fingerprint density at radius 3 is 2.19 bits per heavy atom.